The fourth-order valence-corrected chi connectivity index (χ4v) is 1.56. The van der Waals surface area contributed by atoms with Crippen molar-refractivity contribution in [1.82, 2.24) is 0 Å². The minimum absolute atomic E-state index is 0.136. The second-order valence-electron chi connectivity index (χ2n) is 3.55. The summed E-state index contributed by atoms with van der Waals surface area (Å²) in [5, 5.41) is 0. The maximum Gasteiger partial charge on any atom is 0.155 e. The van der Waals surface area contributed by atoms with Crippen molar-refractivity contribution >= 4 is 0 Å². The molecule has 72 valence electrons. The average Bonchev–Trinajstić information content (AvgIpc) is 2.01. The minimum atomic E-state index is -0.256. The maximum absolute atomic E-state index is 11.9. The van der Waals surface area contributed by atoms with Crippen LogP contribution < -0.4 is 0 Å². The molecular weight excluding hydrogens is 159 g/mol. The third-order valence-corrected chi connectivity index (χ3v) is 2.27. The molecular formula is C9H17FO2. The van der Waals surface area contributed by atoms with E-state index in [0.717, 1.165) is 19.4 Å². The van der Waals surface area contributed by atoms with Gasteiger partial charge in [0, 0.05) is 0 Å². The predicted molar refractivity (Wildman–Crippen MR) is 44.7 cm³/mol. The molecule has 1 fully saturated rings. The highest BCUT2D eigenvalue weighted by atomic mass is 19.1. The number of hydrogen-bond acceptors (Lipinski definition) is 2. The Morgan fingerprint density at radius 1 is 1.58 bits per heavy atom. The zero-order chi connectivity index (χ0) is 9.03. The van der Waals surface area contributed by atoms with Gasteiger partial charge in [-0.15, -0.1) is 0 Å². The Bertz CT molecular complexity index is 140. The summed E-state index contributed by atoms with van der Waals surface area (Å²) in [6.07, 6.45) is 2.11. The van der Waals surface area contributed by atoms with Crippen molar-refractivity contribution in [2.24, 2.45) is 0 Å². The van der Waals surface area contributed by atoms with E-state index in [2.05, 4.69) is 0 Å². The summed E-state index contributed by atoms with van der Waals surface area (Å²) in [4.78, 5) is 0. The standard InChI is InChI=1S/C9H17FO2/c1-8-11-7-5-9(2,12-8)4-3-6-10/h8H,3-7H2,1-2H3. The highest BCUT2D eigenvalue weighted by molar-refractivity contribution is 4.77. The molecule has 0 aliphatic carbocycles. The summed E-state index contributed by atoms with van der Waals surface area (Å²) in [5.41, 5.74) is -0.163. The van der Waals surface area contributed by atoms with Gasteiger partial charge in [-0.2, -0.15) is 0 Å². The lowest BCUT2D eigenvalue weighted by molar-refractivity contribution is -0.244. The van der Waals surface area contributed by atoms with Crippen molar-refractivity contribution in [3.63, 3.8) is 0 Å². The molecule has 0 aromatic carbocycles. The van der Waals surface area contributed by atoms with Gasteiger partial charge in [0.05, 0.1) is 18.9 Å². The van der Waals surface area contributed by atoms with Crippen LogP contribution in [0.25, 0.3) is 0 Å². The quantitative estimate of drug-likeness (QED) is 0.656. The van der Waals surface area contributed by atoms with Gasteiger partial charge >= 0.3 is 0 Å². The largest absolute Gasteiger partial charge is 0.353 e. The van der Waals surface area contributed by atoms with Crippen molar-refractivity contribution in [3.8, 4) is 0 Å². The number of alkyl halides is 1. The lowest BCUT2D eigenvalue weighted by Gasteiger charge is -2.37. The van der Waals surface area contributed by atoms with E-state index >= 15 is 0 Å². The average molecular weight is 176 g/mol. The number of halogens is 1. The number of ether oxygens (including phenoxy) is 2. The summed E-state index contributed by atoms with van der Waals surface area (Å²) >= 11 is 0. The van der Waals surface area contributed by atoms with Crippen LogP contribution in [0, 0.1) is 0 Å². The Hall–Kier alpha value is -0.150. The Morgan fingerprint density at radius 2 is 2.33 bits per heavy atom. The van der Waals surface area contributed by atoms with Gasteiger partial charge in [-0.1, -0.05) is 0 Å². The van der Waals surface area contributed by atoms with Gasteiger partial charge in [-0.3, -0.25) is 4.39 Å². The monoisotopic (exact) mass is 176 g/mol. The summed E-state index contributed by atoms with van der Waals surface area (Å²) in [6, 6.07) is 0. The van der Waals surface area contributed by atoms with Crippen LogP contribution in [0.1, 0.15) is 33.1 Å². The minimum Gasteiger partial charge on any atom is -0.353 e. The molecule has 2 unspecified atom stereocenters. The number of hydrogen-bond donors (Lipinski definition) is 0. The van der Waals surface area contributed by atoms with Crippen molar-refractivity contribution in [3.05, 3.63) is 0 Å². The van der Waals surface area contributed by atoms with E-state index in [9.17, 15) is 4.39 Å². The third-order valence-electron chi connectivity index (χ3n) is 2.27. The van der Waals surface area contributed by atoms with Gasteiger partial charge in [-0.25, -0.2) is 0 Å². The molecule has 1 saturated heterocycles. The lowest BCUT2D eigenvalue weighted by Crippen LogP contribution is -2.40. The molecule has 0 radical (unpaired) electrons. The van der Waals surface area contributed by atoms with Gasteiger partial charge < -0.3 is 9.47 Å². The lowest BCUT2D eigenvalue weighted by atomic mass is 9.96. The first-order chi connectivity index (χ1) is 5.66. The molecule has 0 aromatic heterocycles. The van der Waals surface area contributed by atoms with Crippen LogP contribution in [0.5, 0.6) is 0 Å². The van der Waals surface area contributed by atoms with Crippen molar-refractivity contribution in [1.29, 1.82) is 0 Å². The summed E-state index contributed by atoms with van der Waals surface area (Å²) in [7, 11) is 0. The topological polar surface area (TPSA) is 18.5 Å². The highest BCUT2D eigenvalue weighted by Crippen LogP contribution is 2.28. The van der Waals surface area contributed by atoms with Crippen LogP contribution in [0.4, 0.5) is 4.39 Å². The highest BCUT2D eigenvalue weighted by Gasteiger charge is 2.30. The van der Waals surface area contributed by atoms with Gasteiger partial charge in [0.15, 0.2) is 6.29 Å². The Kier molecular flexibility index (Phi) is 3.47. The molecule has 12 heavy (non-hydrogen) atoms. The van der Waals surface area contributed by atoms with Gasteiger partial charge in [-0.05, 0) is 33.1 Å². The summed E-state index contributed by atoms with van der Waals surface area (Å²) < 4.78 is 22.8. The normalized spacial score (nSPS) is 36.8. The summed E-state index contributed by atoms with van der Waals surface area (Å²) in [6.45, 7) is 4.38. The second-order valence-corrected chi connectivity index (χ2v) is 3.55. The molecule has 1 aliphatic rings. The van der Waals surface area contributed by atoms with Crippen molar-refractivity contribution in [2.75, 3.05) is 13.3 Å². The van der Waals surface area contributed by atoms with E-state index in [4.69, 9.17) is 9.47 Å². The fraction of sp³-hybridized carbons (Fsp3) is 1.00. The van der Waals surface area contributed by atoms with Crippen molar-refractivity contribution in [2.45, 2.75) is 45.0 Å². The van der Waals surface area contributed by atoms with Crippen LogP contribution in [-0.2, 0) is 9.47 Å². The van der Waals surface area contributed by atoms with Gasteiger partial charge in [0.1, 0.15) is 0 Å². The molecule has 3 heteroatoms. The van der Waals surface area contributed by atoms with Crippen LogP contribution in [-0.4, -0.2) is 25.2 Å². The van der Waals surface area contributed by atoms with E-state index in [1.807, 2.05) is 13.8 Å². The molecule has 1 rings (SSSR count). The maximum atomic E-state index is 11.9. The molecule has 2 atom stereocenters. The smallest absolute Gasteiger partial charge is 0.155 e. The molecule has 1 heterocycles. The third kappa shape index (κ3) is 2.72. The van der Waals surface area contributed by atoms with Crippen LogP contribution in [0.3, 0.4) is 0 Å². The second kappa shape index (κ2) is 4.19. The first-order valence-electron chi connectivity index (χ1n) is 4.52. The van der Waals surface area contributed by atoms with Gasteiger partial charge in [0.2, 0.25) is 0 Å². The molecule has 0 N–H and O–H groups in total. The van der Waals surface area contributed by atoms with Crippen LogP contribution >= 0.6 is 0 Å². The number of rotatable bonds is 3. The molecule has 0 bridgehead atoms. The zero-order valence-corrected chi connectivity index (χ0v) is 7.81. The molecule has 1 aliphatic heterocycles. The summed E-state index contributed by atoms with van der Waals surface area (Å²) in [5.74, 6) is 0. The Balaban J connectivity index is 2.35. The van der Waals surface area contributed by atoms with E-state index in [1.54, 1.807) is 0 Å². The first kappa shape index (κ1) is 9.93. The van der Waals surface area contributed by atoms with Gasteiger partial charge in [0.25, 0.3) is 0 Å². The SMILES string of the molecule is CC1OCCC(C)(CCCF)O1. The van der Waals surface area contributed by atoms with E-state index in [0.29, 0.717) is 6.42 Å². The Morgan fingerprint density at radius 3 is 2.92 bits per heavy atom. The molecule has 2 nitrogen and oxygen atoms in total. The van der Waals surface area contributed by atoms with E-state index in [-0.39, 0.29) is 18.6 Å². The Labute approximate surface area is 73.0 Å². The molecule has 0 aromatic rings. The van der Waals surface area contributed by atoms with Crippen LogP contribution in [0.15, 0.2) is 0 Å². The first-order valence-corrected chi connectivity index (χ1v) is 4.52. The molecule has 0 spiro atoms. The van der Waals surface area contributed by atoms with Crippen LogP contribution in [0.2, 0.25) is 0 Å². The van der Waals surface area contributed by atoms with E-state index < -0.39 is 0 Å². The molecule has 0 amide bonds. The fourth-order valence-electron chi connectivity index (χ4n) is 1.56. The van der Waals surface area contributed by atoms with E-state index in [1.165, 1.54) is 0 Å². The van der Waals surface area contributed by atoms with Crippen molar-refractivity contribution < 1.29 is 13.9 Å². The zero-order valence-electron chi connectivity index (χ0n) is 7.81. The predicted octanol–water partition coefficient (Wildman–Crippen LogP) is 2.28. The molecule has 0 saturated carbocycles.